The van der Waals surface area contributed by atoms with E-state index in [2.05, 4.69) is 40.7 Å². The van der Waals surface area contributed by atoms with Crippen molar-refractivity contribution >= 4 is 17.4 Å². The van der Waals surface area contributed by atoms with Crippen molar-refractivity contribution in [2.24, 2.45) is 5.10 Å². The molecular formula is C25H26FN9O4. The molecule has 13 nitrogen and oxygen atoms in total. The van der Waals surface area contributed by atoms with Crippen molar-refractivity contribution < 1.29 is 23.3 Å². The van der Waals surface area contributed by atoms with Crippen LogP contribution in [0.1, 0.15) is 34.2 Å². The number of carbonyl (C=O) groups excluding carboxylic acids is 1. The zero-order chi connectivity index (χ0) is 27.2. The predicted octanol–water partition coefficient (Wildman–Crippen LogP) is 1.94. The smallest absolute Gasteiger partial charge is 0.292 e. The zero-order valence-corrected chi connectivity index (χ0v) is 21.1. The summed E-state index contributed by atoms with van der Waals surface area (Å²) in [5, 5.41) is 19.8. The lowest BCUT2D eigenvalue weighted by Crippen LogP contribution is -2.36. The molecule has 3 heterocycles. The van der Waals surface area contributed by atoms with E-state index >= 15 is 0 Å². The average molecular weight is 536 g/mol. The second-order valence-electron chi connectivity index (χ2n) is 8.70. The van der Waals surface area contributed by atoms with E-state index in [9.17, 15) is 9.18 Å². The average Bonchev–Trinajstić information content (AvgIpc) is 3.57. The molecule has 39 heavy (non-hydrogen) atoms. The van der Waals surface area contributed by atoms with E-state index in [1.54, 1.807) is 49.4 Å². The van der Waals surface area contributed by atoms with Gasteiger partial charge in [0.1, 0.15) is 23.9 Å². The Balaban J connectivity index is 1.29. The highest BCUT2D eigenvalue weighted by Gasteiger charge is 2.26. The maximum Gasteiger partial charge on any atom is 0.292 e. The van der Waals surface area contributed by atoms with Crippen LogP contribution in [0, 0.1) is 5.82 Å². The van der Waals surface area contributed by atoms with Crippen LogP contribution in [0.4, 0.5) is 10.2 Å². The third kappa shape index (κ3) is 6.08. The molecule has 0 aliphatic carbocycles. The Morgan fingerprint density at radius 1 is 1.15 bits per heavy atom. The van der Waals surface area contributed by atoms with Gasteiger partial charge in [-0.05, 0) is 53.1 Å². The third-order valence-corrected chi connectivity index (χ3v) is 6.08. The third-order valence-electron chi connectivity index (χ3n) is 6.08. The minimum absolute atomic E-state index is 0.0381. The number of morpholine rings is 1. The molecule has 5 rings (SSSR count). The van der Waals surface area contributed by atoms with Gasteiger partial charge in [-0.1, -0.05) is 23.4 Å². The standard InChI is InChI=1S/C25H26FN9O4/c1-16(17-6-8-19(9-7-17)38-15-18-4-2-3-5-20(18)26)28-30-25(36)22-21(14-34-10-12-37-13-11-34)29-33-35(22)24-23(27)31-39-32-24/h2-9H,10-15H2,1H3,(H2,27,31)(H,30,36)/b28-16+. The fourth-order valence-electron chi connectivity index (χ4n) is 3.92. The van der Waals surface area contributed by atoms with Crippen molar-refractivity contribution in [3.8, 4) is 11.6 Å². The van der Waals surface area contributed by atoms with Crippen LogP contribution in [-0.4, -0.2) is 68.1 Å². The Hall–Kier alpha value is -4.69. The molecule has 0 radical (unpaired) electrons. The fraction of sp³-hybridized carbons (Fsp3) is 0.280. The number of anilines is 1. The van der Waals surface area contributed by atoms with E-state index in [-0.39, 0.29) is 29.8 Å². The highest BCUT2D eigenvalue weighted by Crippen LogP contribution is 2.19. The summed E-state index contributed by atoms with van der Waals surface area (Å²) in [5.74, 6) is -0.299. The molecule has 0 spiro atoms. The van der Waals surface area contributed by atoms with Gasteiger partial charge in [-0.15, -0.1) is 5.10 Å². The van der Waals surface area contributed by atoms with E-state index in [1.165, 1.54) is 10.7 Å². The number of nitrogens with two attached hydrogens (primary N) is 1. The van der Waals surface area contributed by atoms with E-state index < -0.39 is 5.91 Å². The lowest BCUT2D eigenvalue weighted by Gasteiger charge is -2.25. The highest BCUT2D eigenvalue weighted by atomic mass is 19.1. The van der Waals surface area contributed by atoms with Gasteiger partial charge in [0.2, 0.25) is 11.6 Å². The van der Waals surface area contributed by atoms with Gasteiger partial charge in [0.05, 0.1) is 18.9 Å². The normalized spacial score (nSPS) is 14.4. The van der Waals surface area contributed by atoms with Crippen molar-refractivity contribution in [1.29, 1.82) is 0 Å². The maximum atomic E-state index is 13.8. The zero-order valence-electron chi connectivity index (χ0n) is 21.1. The second-order valence-corrected chi connectivity index (χ2v) is 8.70. The Morgan fingerprint density at radius 3 is 2.64 bits per heavy atom. The first-order chi connectivity index (χ1) is 19.0. The second kappa shape index (κ2) is 11.8. The van der Waals surface area contributed by atoms with Crippen LogP contribution in [0.15, 0.2) is 58.3 Å². The van der Waals surface area contributed by atoms with E-state index in [0.29, 0.717) is 55.6 Å². The van der Waals surface area contributed by atoms with E-state index in [0.717, 1.165) is 5.56 Å². The topological polar surface area (TPSA) is 159 Å². The summed E-state index contributed by atoms with van der Waals surface area (Å²) in [6.07, 6.45) is 0. The molecule has 2 aromatic heterocycles. The molecule has 202 valence electrons. The molecule has 3 N–H and O–H groups in total. The number of benzene rings is 2. The first-order valence-electron chi connectivity index (χ1n) is 12.1. The van der Waals surface area contributed by atoms with Gasteiger partial charge in [-0.25, -0.2) is 14.4 Å². The largest absolute Gasteiger partial charge is 0.489 e. The van der Waals surface area contributed by atoms with Crippen LogP contribution in [0.25, 0.3) is 5.82 Å². The van der Waals surface area contributed by atoms with Gasteiger partial charge >= 0.3 is 0 Å². The van der Waals surface area contributed by atoms with Crippen molar-refractivity contribution in [1.82, 2.24) is 35.6 Å². The summed E-state index contributed by atoms with van der Waals surface area (Å²) in [7, 11) is 0. The van der Waals surface area contributed by atoms with Crippen molar-refractivity contribution in [3.63, 3.8) is 0 Å². The Kier molecular flexibility index (Phi) is 7.84. The summed E-state index contributed by atoms with van der Waals surface area (Å²) >= 11 is 0. The summed E-state index contributed by atoms with van der Waals surface area (Å²) in [6.45, 7) is 4.79. The molecule has 2 aromatic carbocycles. The maximum absolute atomic E-state index is 13.8. The summed E-state index contributed by atoms with van der Waals surface area (Å²) < 4.78 is 30.8. The quantitative estimate of drug-likeness (QED) is 0.240. The molecule has 0 saturated carbocycles. The summed E-state index contributed by atoms with van der Waals surface area (Å²) in [5.41, 5.74) is 10.7. The SMILES string of the molecule is C/C(=N\NC(=O)c1c(CN2CCOCC2)nnn1-c1nonc1N)c1ccc(OCc2ccccc2F)cc1. The van der Waals surface area contributed by atoms with Crippen LogP contribution in [-0.2, 0) is 17.9 Å². The molecule has 1 saturated heterocycles. The Morgan fingerprint density at radius 2 is 1.92 bits per heavy atom. The number of halogens is 1. The lowest BCUT2D eigenvalue weighted by molar-refractivity contribution is 0.0335. The number of aromatic nitrogens is 5. The van der Waals surface area contributed by atoms with Gasteiger partial charge in [0.25, 0.3) is 5.91 Å². The number of hydrogen-bond donors (Lipinski definition) is 2. The molecule has 0 atom stereocenters. The predicted molar refractivity (Wildman–Crippen MR) is 137 cm³/mol. The lowest BCUT2D eigenvalue weighted by atomic mass is 10.1. The number of ether oxygens (including phenoxy) is 2. The van der Waals surface area contributed by atoms with Crippen LogP contribution in [0.3, 0.4) is 0 Å². The van der Waals surface area contributed by atoms with Crippen LogP contribution < -0.4 is 15.9 Å². The fourth-order valence-corrected chi connectivity index (χ4v) is 3.92. The molecule has 1 aliphatic rings. The number of rotatable bonds is 9. The number of hydrazone groups is 1. The number of nitrogens with zero attached hydrogens (tertiary/aromatic N) is 7. The molecule has 1 aliphatic heterocycles. The minimum atomic E-state index is -0.560. The van der Waals surface area contributed by atoms with Gasteiger partial charge < -0.3 is 15.2 Å². The van der Waals surface area contributed by atoms with E-state index in [1.807, 2.05) is 0 Å². The first-order valence-corrected chi connectivity index (χ1v) is 12.1. The monoisotopic (exact) mass is 535 g/mol. The van der Waals surface area contributed by atoms with Gasteiger partial charge in [-0.3, -0.25) is 9.69 Å². The molecule has 0 unspecified atom stereocenters. The molecule has 14 heteroatoms. The number of carbonyl (C=O) groups is 1. The van der Waals surface area contributed by atoms with Gasteiger partial charge in [0, 0.05) is 25.2 Å². The summed E-state index contributed by atoms with van der Waals surface area (Å²) in [4.78, 5) is 15.4. The molecule has 0 bridgehead atoms. The molecule has 4 aromatic rings. The number of nitrogen functional groups attached to an aromatic ring is 1. The van der Waals surface area contributed by atoms with Gasteiger partial charge in [0.15, 0.2) is 5.69 Å². The summed E-state index contributed by atoms with van der Waals surface area (Å²) in [6, 6.07) is 13.5. The van der Waals surface area contributed by atoms with Crippen LogP contribution in [0.2, 0.25) is 0 Å². The number of hydrogen-bond acceptors (Lipinski definition) is 11. The minimum Gasteiger partial charge on any atom is -0.489 e. The number of nitrogens with one attached hydrogen (secondary N) is 1. The highest BCUT2D eigenvalue weighted by molar-refractivity contribution is 6.00. The number of amides is 1. The van der Waals surface area contributed by atoms with Crippen molar-refractivity contribution in [2.45, 2.75) is 20.1 Å². The van der Waals surface area contributed by atoms with Crippen LogP contribution >= 0.6 is 0 Å². The van der Waals surface area contributed by atoms with E-state index in [4.69, 9.17) is 15.2 Å². The van der Waals surface area contributed by atoms with Crippen LogP contribution in [0.5, 0.6) is 5.75 Å². The molecule has 1 amide bonds. The molecule has 1 fully saturated rings. The Bertz CT molecular complexity index is 1460. The van der Waals surface area contributed by atoms with Crippen molar-refractivity contribution in [3.05, 3.63) is 76.9 Å². The Labute approximate surface area is 222 Å². The first kappa shape index (κ1) is 25.9. The van der Waals surface area contributed by atoms with Gasteiger partial charge in [-0.2, -0.15) is 9.78 Å². The van der Waals surface area contributed by atoms with Crippen molar-refractivity contribution in [2.75, 3.05) is 32.0 Å². The molecular weight excluding hydrogens is 509 g/mol.